The van der Waals surface area contributed by atoms with Gasteiger partial charge in [-0.05, 0) is 37.7 Å². The van der Waals surface area contributed by atoms with Crippen LogP contribution < -0.4 is 11.6 Å². The molecular formula is C11H23N3. The van der Waals surface area contributed by atoms with Crippen molar-refractivity contribution in [3.8, 4) is 0 Å². The van der Waals surface area contributed by atoms with E-state index in [0.717, 1.165) is 25.8 Å². The van der Waals surface area contributed by atoms with Gasteiger partial charge < -0.3 is 10.7 Å². The van der Waals surface area contributed by atoms with E-state index in [1.54, 1.807) is 0 Å². The lowest BCUT2D eigenvalue weighted by Crippen LogP contribution is -2.32. The second kappa shape index (κ2) is 5.37. The first-order chi connectivity index (χ1) is 6.63. The zero-order valence-corrected chi connectivity index (χ0v) is 9.37. The molecule has 0 heterocycles. The summed E-state index contributed by atoms with van der Waals surface area (Å²) >= 11 is 0. The van der Waals surface area contributed by atoms with Crippen LogP contribution in [0.2, 0.25) is 0 Å². The molecule has 3 nitrogen and oxygen atoms in total. The summed E-state index contributed by atoms with van der Waals surface area (Å²) in [6.07, 6.45) is 6.59. The topological polar surface area (TPSA) is 55.3 Å². The fourth-order valence-electron chi connectivity index (χ4n) is 2.00. The lowest BCUT2D eigenvalue weighted by atomic mass is 10.0. The Bertz CT molecular complexity index is 201. The quantitative estimate of drug-likeness (QED) is 0.534. The molecule has 2 atom stereocenters. The molecule has 14 heavy (non-hydrogen) atoms. The molecule has 0 aromatic rings. The molecule has 1 aliphatic rings. The lowest BCUT2D eigenvalue weighted by molar-refractivity contribution is 0.339. The maximum atomic E-state index is 5.99. The highest BCUT2D eigenvalue weighted by Gasteiger charge is 2.16. The van der Waals surface area contributed by atoms with E-state index in [0.29, 0.717) is 5.92 Å². The highest BCUT2D eigenvalue weighted by Crippen LogP contribution is 2.22. The van der Waals surface area contributed by atoms with Gasteiger partial charge in [0, 0.05) is 18.3 Å². The van der Waals surface area contributed by atoms with Gasteiger partial charge >= 0.3 is 0 Å². The first-order valence-electron chi connectivity index (χ1n) is 5.62. The predicted octanol–water partition coefficient (Wildman–Crippen LogP) is 1.60. The summed E-state index contributed by atoms with van der Waals surface area (Å²) in [6, 6.07) is 0.186. The Morgan fingerprint density at radius 2 is 2.29 bits per heavy atom. The molecule has 1 rings (SSSR count). The second-order valence-electron chi connectivity index (χ2n) is 4.39. The monoisotopic (exact) mass is 197 g/mol. The number of nitrogens with zero attached hydrogens (tertiary/aromatic N) is 1. The number of nitrogens with two attached hydrogens (primary N) is 2. The van der Waals surface area contributed by atoms with Crippen molar-refractivity contribution >= 4 is 0 Å². The third kappa shape index (κ3) is 3.31. The third-order valence-electron chi connectivity index (χ3n) is 2.81. The molecule has 0 aromatic carbocycles. The molecule has 0 fully saturated rings. The summed E-state index contributed by atoms with van der Waals surface area (Å²) in [5, 5.41) is 1.86. The molecule has 4 N–H and O–H groups in total. The first-order valence-corrected chi connectivity index (χ1v) is 5.62. The van der Waals surface area contributed by atoms with Gasteiger partial charge in [0.2, 0.25) is 0 Å². The Balaban J connectivity index is 2.58. The van der Waals surface area contributed by atoms with Gasteiger partial charge in [-0.1, -0.05) is 13.8 Å². The minimum Gasteiger partial charge on any atom is -0.324 e. The van der Waals surface area contributed by atoms with Crippen molar-refractivity contribution < 1.29 is 0 Å². The highest BCUT2D eigenvalue weighted by atomic mass is 15.4. The average Bonchev–Trinajstić information content (AvgIpc) is 2.27. The van der Waals surface area contributed by atoms with Gasteiger partial charge in [-0.3, -0.25) is 0 Å². The van der Waals surface area contributed by atoms with Crippen LogP contribution in [-0.2, 0) is 0 Å². The summed E-state index contributed by atoms with van der Waals surface area (Å²) in [7, 11) is 0. The predicted molar refractivity (Wildman–Crippen MR) is 60.3 cm³/mol. The van der Waals surface area contributed by atoms with Gasteiger partial charge in [-0.15, -0.1) is 0 Å². The van der Waals surface area contributed by atoms with Gasteiger partial charge in [-0.2, -0.15) is 0 Å². The standard InChI is InChI=1S/C11H23N3/c1-3-6-14(13)11-5-4-9(2)7-10(12)8-11/h8-10H,3-7,12-13H2,1-2H3/t9-,10?/m1/s1. The molecule has 0 bridgehead atoms. The Morgan fingerprint density at radius 3 is 2.93 bits per heavy atom. The van der Waals surface area contributed by atoms with Crippen molar-refractivity contribution in [3.63, 3.8) is 0 Å². The number of hydrogen-bond acceptors (Lipinski definition) is 3. The number of hydrazine groups is 1. The molecule has 0 saturated carbocycles. The molecular weight excluding hydrogens is 174 g/mol. The van der Waals surface area contributed by atoms with Crippen molar-refractivity contribution in [1.29, 1.82) is 0 Å². The molecule has 0 aliphatic heterocycles. The normalized spacial score (nSPS) is 28.1. The van der Waals surface area contributed by atoms with Crippen LogP contribution in [-0.4, -0.2) is 17.6 Å². The van der Waals surface area contributed by atoms with Crippen molar-refractivity contribution in [2.45, 2.75) is 45.6 Å². The zero-order valence-electron chi connectivity index (χ0n) is 9.37. The number of hydrogen-bond donors (Lipinski definition) is 2. The minimum absolute atomic E-state index is 0.186. The van der Waals surface area contributed by atoms with Crippen molar-refractivity contribution in [2.75, 3.05) is 6.54 Å². The Morgan fingerprint density at radius 1 is 1.57 bits per heavy atom. The first kappa shape index (κ1) is 11.5. The van der Waals surface area contributed by atoms with E-state index in [2.05, 4.69) is 19.9 Å². The molecule has 3 heteroatoms. The maximum Gasteiger partial charge on any atom is 0.0335 e. The van der Waals surface area contributed by atoms with Crippen LogP contribution in [0, 0.1) is 5.92 Å². The molecule has 1 aliphatic carbocycles. The van der Waals surface area contributed by atoms with Crippen molar-refractivity contribution in [2.24, 2.45) is 17.5 Å². The van der Waals surface area contributed by atoms with E-state index in [-0.39, 0.29) is 6.04 Å². The number of rotatable bonds is 3. The molecule has 0 radical (unpaired) electrons. The van der Waals surface area contributed by atoms with Gasteiger partial charge in [0.1, 0.15) is 0 Å². The van der Waals surface area contributed by atoms with Crippen LogP contribution in [0.15, 0.2) is 11.8 Å². The molecule has 1 unspecified atom stereocenters. The van der Waals surface area contributed by atoms with Crippen LogP contribution >= 0.6 is 0 Å². The molecule has 0 amide bonds. The molecule has 0 saturated heterocycles. The van der Waals surface area contributed by atoms with Crippen LogP contribution in [0.3, 0.4) is 0 Å². The Hall–Kier alpha value is -0.540. The molecule has 0 spiro atoms. The van der Waals surface area contributed by atoms with Crippen LogP contribution in [0.4, 0.5) is 0 Å². The fourth-order valence-corrected chi connectivity index (χ4v) is 2.00. The molecule has 82 valence electrons. The summed E-state index contributed by atoms with van der Waals surface area (Å²) in [5.74, 6) is 6.66. The Kier molecular flexibility index (Phi) is 4.42. The smallest absolute Gasteiger partial charge is 0.0335 e. The summed E-state index contributed by atoms with van der Waals surface area (Å²) < 4.78 is 0. The van der Waals surface area contributed by atoms with Crippen molar-refractivity contribution in [1.82, 2.24) is 5.01 Å². The largest absolute Gasteiger partial charge is 0.324 e. The van der Waals surface area contributed by atoms with Crippen molar-refractivity contribution in [3.05, 3.63) is 11.8 Å². The zero-order chi connectivity index (χ0) is 10.6. The highest BCUT2D eigenvalue weighted by molar-refractivity contribution is 5.07. The van der Waals surface area contributed by atoms with Gasteiger partial charge in [0.05, 0.1) is 0 Å². The Labute approximate surface area is 87.1 Å². The van der Waals surface area contributed by atoms with E-state index in [1.807, 2.05) is 5.01 Å². The van der Waals surface area contributed by atoms with E-state index in [9.17, 15) is 0 Å². The second-order valence-corrected chi connectivity index (χ2v) is 4.39. The fraction of sp³-hybridized carbons (Fsp3) is 0.818. The van der Waals surface area contributed by atoms with Gasteiger partial charge in [0.15, 0.2) is 0 Å². The van der Waals surface area contributed by atoms with Crippen LogP contribution in [0.25, 0.3) is 0 Å². The van der Waals surface area contributed by atoms with Gasteiger partial charge in [-0.25, -0.2) is 5.84 Å². The minimum atomic E-state index is 0.186. The van der Waals surface area contributed by atoms with E-state index < -0.39 is 0 Å². The van der Waals surface area contributed by atoms with Crippen LogP contribution in [0.1, 0.15) is 39.5 Å². The third-order valence-corrected chi connectivity index (χ3v) is 2.81. The summed E-state index contributed by atoms with van der Waals surface area (Å²) in [6.45, 7) is 5.32. The van der Waals surface area contributed by atoms with Gasteiger partial charge in [0.25, 0.3) is 0 Å². The summed E-state index contributed by atoms with van der Waals surface area (Å²) in [5.41, 5.74) is 7.22. The van der Waals surface area contributed by atoms with Crippen LogP contribution in [0.5, 0.6) is 0 Å². The van der Waals surface area contributed by atoms with E-state index in [1.165, 1.54) is 12.1 Å². The lowest BCUT2D eigenvalue weighted by Gasteiger charge is -2.21. The summed E-state index contributed by atoms with van der Waals surface area (Å²) in [4.78, 5) is 0. The maximum absolute atomic E-state index is 5.99. The van der Waals surface area contributed by atoms with E-state index in [4.69, 9.17) is 11.6 Å². The van der Waals surface area contributed by atoms with E-state index >= 15 is 0 Å². The SMILES string of the molecule is CCCN(N)C1=CC(N)C[C@H](C)CC1. The average molecular weight is 197 g/mol. The molecule has 0 aromatic heterocycles. The number of allylic oxidation sites excluding steroid dienone is 1.